The Morgan fingerprint density at radius 3 is 2.67 bits per heavy atom. The van der Waals surface area contributed by atoms with Gasteiger partial charge >= 0.3 is 5.97 Å². The van der Waals surface area contributed by atoms with E-state index in [1.54, 1.807) is 0 Å². The van der Waals surface area contributed by atoms with Crippen LogP contribution in [0.15, 0.2) is 22.7 Å². The van der Waals surface area contributed by atoms with Gasteiger partial charge in [0.25, 0.3) is 10.2 Å². The molecule has 1 rings (SSSR count). The topological polar surface area (TPSA) is 95.5 Å². The van der Waals surface area contributed by atoms with Gasteiger partial charge in [0, 0.05) is 11.0 Å². The minimum absolute atomic E-state index is 0.00862. The van der Waals surface area contributed by atoms with Gasteiger partial charge in [0.05, 0.1) is 11.3 Å². The van der Waals surface area contributed by atoms with Crippen molar-refractivity contribution in [2.45, 2.75) is 13.3 Å². The Morgan fingerprint density at radius 1 is 1.44 bits per heavy atom. The molecule has 0 saturated carbocycles. The van der Waals surface area contributed by atoms with Crippen molar-refractivity contribution in [1.82, 2.24) is 4.72 Å². The van der Waals surface area contributed by atoms with Crippen molar-refractivity contribution < 1.29 is 18.3 Å². The van der Waals surface area contributed by atoms with Gasteiger partial charge in [-0.2, -0.15) is 13.1 Å². The van der Waals surface area contributed by atoms with Gasteiger partial charge in [0.1, 0.15) is 0 Å². The number of carbonyl (C=O) groups is 1. The van der Waals surface area contributed by atoms with Gasteiger partial charge in [0.15, 0.2) is 0 Å². The first-order valence-corrected chi connectivity index (χ1v) is 7.43. The zero-order valence-electron chi connectivity index (χ0n) is 9.60. The van der Waals surface area contributed by atoms with E-state index < -0.39 is 16.2 Å². The van der Waals surface area contributed by atoms with Crippen molar-refractivity contribution in [2.24, 2.45) is 0 Å². The number of carboxylic acids is 1. The molecule has 0 aliphatic rings. The number of halogens is 1. The lowest BCUT2D eigenvalue weighted by Crippen LogP contribution is -2.30. The Morgan fingerprint density at radius 2 is 2.11 bits per heavy atom. The van der Waals surface area contributed by atoms with Gasteiger partial charge in [-0.15, -0.1) is 0 Å². The lowest BCUT2D eigenvalue weighted by Gasteiger charge is -2.09. The molecule has 0 aromatic heterocycles. The van der Waals surface area contributed by atoms with E-state index in [1.807, 2.05) is 6.92 Å². The van der Waals surface area contributed by atoms with Crippen LogP contribution >= 0.6 is 15.9 Å². The van der Waals surface area contributed by atoms with E-state index in [0.29, 0.717) is 17.4 Å². The first-order valence-electron chi connectivity index (χ1n) is 5.16. The first kappa shape index (κ1) is 14.9. The Kier molecular flexibility index (Phi) is 5.12. The number of rotatable bonds is 6. The van der Waals surface area contributed by atoms with E-state index >= 15 is 0 Å². The predicted molar refractivity (Wildman–Crippen MR) is 71.9 cm³/mol. The Bertz CT molecular complexity index is 545. The van der Waals surface area contributed by atoms with Gasteiger partial charge < -0.3 is 5.11 Å². The fourth-order valence-corrected chi connectivity index (χ4v) is 2.58. The van der Waals surface area contributed by atoms with E-state index in [0.717, 1.165) is 0 Å². The Balaban J connectivity index is 2.92. The van der Waals surface area contributed by atoms with Crippen LogP contribution in [-0.4, -0.2) is 26.0 Å². The third-order valence-corrected chi connectivity index (χ3v) is 3.77. The predicted octanol–water partition coefficient (Wildman–Crippen LogP) is 1.80. The van der Waals surface area contributed by atoms with Crippen LogP contribution in [0.4, 0.5) is 5.69 Å². The lowest BCUT2D eigenvalue weighted by atomic mass is 10.2. The molecule has 0 atom stereocenters. The smallest absolute Gasteiger partial charge is 0.336 e. The summed E-state index contributed by atoms with van der Waals surface area (Å²) in [4.78, 5) is 10.9. The van der Waals surface area contributed by atoms with Crippen LogP contribution in [0.2, 0.25) is 0 Å². The molecule has 18 heavy (non-hydrogen) atoms. The maximum atomic E-state index is 11.5. The van der Waals surface area contributed by atoms with Gasteiger partial charge in [-0.25, -0.2) is 4.79 Å². The summed E-state index contributed by atoms with van der Waals surface area (Å²) < 4.78 is 28.1. The van der Waals surface area contributed by atoms with Crippen molar-refractivity contribution >= 4 is 37.8 Å². The fraction of sp³-hybridized carbons (Fsp3) is 0.300. The molecule has 0 heterocycles. The molecule has 0 amide bonds. The molecule has 0 unspecified atom stereocenters. The molecule has 3 N–H and O–H groups in total. The third kappa shape index (κ3) is 4.28. The average molecular weight is 337 g/mol. The van der Waals surface area contributed by atoms with Crippen LogP contribution < -0.4 is 9.44 Å². The summed E-state index contributed by atoms with van der Waals surface area (Å²) in [5, 5.41) is 8.91. The number of aromatic carboxylic acids is 1. The fourth-order valence-electron chi connectivity index (χ4n) is 1.18. The summed E-state index contributed by atoms with van der Waals surface area (Å²) in [5.41, 5.74) is 0.185. The second-order valence-corrected chi connectivity index (χ2v) is 5.85. The summed E-state index contributed by atoms with van der Waals surface area (Å²) in [6, 6.07) is 4.19. The normalized spacial score (nSPS) is 11.2. The van der Waals surface area contributed by atoms with Crippen LogP contribution in [0.1, 0.15) is 23.7 Å². The quantitative estimate of drug-likeness (QED) is 0.738. The van der Waals surface area contributed by atoms with E-state index in [9.17, 15) is 13.2 Å². The molecule has 0 bridgehead atoms. The number of hydrogen-bond donors (Lipinski definition) is 3. The molecule has 0 spiro atoms. The monoisotopic (exact) mass is 336 g/mol. The highest BCUT2D eigenvalue weighted by Gasteiger charge is 2.12. The Labute approximate surface area is 114 Å². The summed E-state index contributed by atoms with van der Waals surface area (Å²) in [6.45, 7) is 2.16. The minimum atomic E-state index is -3.66. The largest absolute Gasteiger partial charge is 0.478 e. The first-order chi connectivity index (χ1) is 8.35. The Hall–Kier alpha value is -1.12. The second kappa shape index (κ2) is 6.17. The van der Waals surface area contributed by atoms with Gasteiger partial charge in [0.2, 0.25) is 0 Å². The minimum Gasteiger partial charge on any atom is -0.478 e. The number of benzene rings is 1. The van der Waals surface area contributed by atoms with Crippen LogP contribution in [0.5, 0.6) is 0 Å². The van der Waals surface area contributed by atoms with Crippen molar-refractivity contribution in [3.63, 3.8) is 0 Å². The van der Waals surface area contributed by atoms with Crippen molar-refractivity contribution in [3.05, 3.63) is 28.2 Å². The van der Waals surface area contributed by atoms with Crippen molar-refractivity contribution in [2.75, 3.05) is 11.3 Å². The van der Waals surface area contributed by atoms with E-state index in [4.69, 9.17) is 5.11 Å². The van der Waals surface area contributed by atoms with Gasteiger partial charge in [-0.1, -0.05) is 6.92 Å². The van der Waals surface area contributed by atoms with Crippen LogP contribution in [0.25, 0.3) is 0 Å². The molecular formula is C10H13BrN2O4S. The molecule has 0 fully saturated rings. The second-order valence-electron chi connectivity index (χ2n) is 3.50. The molecule has 100 valence electrons. The third-order valence-electron chi connectivity index (χ3n) is 1.99. The van der Waals surface area contributed by atoms with E-state index in [1.165, 1.54) is 18.2 Å². The highest BCUT2D eigenvalue weighted by molar-refractivity contribution is 9.10. The van der Waals surface area contributed by atoms with Crippen LogP contribution in [-0.2, 0) is 10.2 Å². The molecule has 8 heteroatoms. The van der Waals surface area contributed by atoms with Crippen LogP contribution in [0.3, 0.4) is 0 Å². The molecule has 1 aromatic carbocycles. The van der Waals surface area contributed by atoms with Gasteiger partial charge in [-0.05, 0) is 40.5 Å². The molecule has 0 aliphatic carbocycles. The maximum absolute atomic E-state index is 11.5. The van der Waals surface area contributed by atoms with Crippen molar-refractivity contribution in [3.8, 4) is 0 Å². The molecule has 0 aliphatic heterocycles. The zero-order valence-corrected chi connectivity index (χ0v) is 12.0. The summed E-state index contributed by atoms with van der Waals surface area (Å²) >= 11 is 3.08. The number of hydrogen-bond acceptors (Lipinski definition) is 3. The molecular weight excluding hydrogens is 324 g/mol. The highest BCUT2D eigenvalue weighted by Crippen LogP contribution is 2.21. The SMILES string of the molecule is CCCNS(=O)(=O)Nc1ccc(Br)c(C(=O)O)c1. The van der Waals surface area contributed by atoms with E-state index in [-0.39, 0.29) is 11.3 Å². The molecule has 1 aromatic rings. The van der Waals surface area contributed by atoms with Gasteiger partial charge in [-0.3, -0.25) is 4.72 Å². The molecule has 0 radical (unpaired) electrons. The lowest BCUT2D eigenvalue weighted by molar-refractivity contribution is 0.0696. The molecule has 6 nitrogen and oxygen atoms in total. The summed E-state index contributed by atoms with van der Waals surface area (Å²) in [7, 11) is -3.66. The number of carboxylic acid groups (broad SMARTS) is 1. The van der Waals surface area contributed by atoms with Crippen molar-refractivity contribution in [1.29, 1.82) is 0 Å². The maximum Gasteiger partial charge on any atom is 0.336 e. The van der Waals surface area contributed by atoms with E-state index in [2.05, 4.69) is 25.4 Å². The molecule has 0 saturated heterocycles. The standard InChI is InChI=1S/C10H13BrN2O4S/c1-2-5-12-18(16,17)13-7-3-4-9(11)8(6-7)10(14)15/h3-4,6,12-13H,2,5H2,1H3,(H,14,15). The number of anilines is 1. The summed E-state index contributed by atoms with van der Waals surface area (Å²) in [5.74, 6) is -1.13. The average Bonchev–Trinajstić information content (AvgIpc) is 2.28. The number of nitrogens with one attached hydrogen (secondary N) is 2. The highest BCUT2D eigenvalue weighted by atomic mass is 79.9. The summed E-state index contributed by atoms with van der Waals surface area (Å²) in [6.07, 6.45) is 0.668. The zero-order chi connectivity index (χ0) is 13.8. The van der Waals surface area contributed by atoms with Crippen LogP contribution in [0, 0.1) is 0 Å².